The molecule has 1 aliphatic rings. The number of methoxy groups -OCH3 is 2. The van der Waals surface area contributed by atoms with Crippen LogP contribution in [0.4, 0.5) is 0 Å². The highest BCUT2D eigenvalue weighted by molar-refractivity contribution is 5.95. The summed E-state index contributed by atoms with van der Waals surface area (Å²) in [6.07, 6.45) is 5.19. The minimum atomic E-state index is 0.0292. The Bertz CT molecular complexity index is 711. The summed E-state index contributed by atoms with van der Waals surface area (Å²) in [4.78, 5) is 17.4. The van der Waals surface area contributed by atoms with Crippen LogP contribution in [0, 0.1) is 6.92 Å². The summed E-state index contributed by atoms with van der Waals surface area (Å²) in [5.74, 6) is 2.01. The van der Waals surface area contributed by atoms with E-state index < -0.39 is 0 Å². The minimum absolute atomic E-state index is 0.0292. The average molecular weight is 344 g/mol. The van der Waals surface area contributed by atoms with Gasteiger partial charge in [0.1, 0.15) is 6.10 Å². The molecule has 1 saturated heterocycles. The molecule has 1 fully saturated rings. The third kappa shape index (κ3) is 3.57. The summed E-state index contributed by atoms with van der Waals surface area (Å²) in [5.41, 5.74) is 1.72. The normalized spacial score (nSPS) is 15.1. The highest BCUT2D eigenvalue weighted by Gasteiger charge is 2.27. The molecule has 1 N–H and O–H groups in total. The quantitative estimate of drug-likeness (QED) is 0.905. The van der Waals surface area contributed by atoms with Gasteiger partial charge in [0.05, 0.1) is 19.8 Å². The number of carbonyl (C=O) groups excluding carboxylic acids is 1. The van der Waals surface area contributed by atoms with Crippen molar-refractivity contribution in [1.82, 2.24) is 9.88 Å². The van der Waals surface area contributed by atoms with Crippen molar-refractivity contribution in [3.63, 3.8) is 0 Å². The van der Waals surface area contributed by atoms with Crippen molar-refractivity contribution in [2.75, 3.05) is 27.3 Å². The fourth-order valence-corrected chi connectivity index (χ4v) is 3.12. The van der Waals surface area contributed by atoms with Gasteiger partial charge >= 0.3 is 0 Å². The number of aromatic nitrogens is 1. The van der Waals surface area contributed by atoms with Crippen LogP contribution in [0.2, 0.25) is 0 Å². The second-order valence-corrected chi connectivity index (χ2v) is 6.15. The highest BCUT2D eigenvalue weighted by atomic mass is 16.5. The molecule has 134 valence electrons. The van der Waals surface area contributed by atoms with E-state index in [9.17, 15) is 4.79 Å². The van der Waals surface area contributed by atoms with Gasteiger partial charge < -0.3 is 24.1 Å². The van der Waals surface area contributed by atoms with E-state index in [1.165, 1.54) is 0 Å². The van der Waals surface area contributed by atoms with Crippen molar-refractivity contribution in [3.05, 3.63) is 41.7 Å². The molecule has 0 saturated carbocycles. The first-order valence-corrected chi connectivity index (χ1v) is 8.44. The third-order valence-electron chi connectivity index (χ3n) is 4.58. The predicted octanol–water partition coefficient (Wildman–Crippen LogP) is 3.02. The van der Waals surface area contributed by atoms with Gasteiger partial charge in [-0.1, -0.05) is 6.07 Å². The van der Waals surface area contributed by atoms with Crippen LogP contribution in [0.3, 0.4) is 0 Å². The third-order valence-corrected chi connectivity index (χ3v) is 4.58. The lowest BCUT2D eigenvalue weighted by Crippen LogP contribution is -2.41. The van der Waals surface area contributed by atoms with Gasteiger partial charge in [0.2, 0.25) is 5.75 Å². The first kappa shape index (κ1) is 17.2. The number of rotatable bonds is 5. The number of H-pyrrole nitrogens is 1. The van der Waals surface area contributed by atoms with E-state index in [1.807, 2.05) is 36.2 Å². The van der Waals surface area contributed by atoms with Gasteiger partial charge in [-0.3, -0.25) is 4.79 Å². The van der Waals surface area contributed by atoms with Gasteiger partial charge in [0.25, 0.3) is 5.91 Å². The summed E-state index contributed by atoms with van der Waals surface area (Å²) in [7, 11) is 3.23. The molecule has 0 unspecified atom stereocenters. The minimum Gasteiger partial charge on any atom is -0.493 e. The largest absolute Gasteiger partial charge is 0.493 e. The van der Waals surface area contributed by atoms with Gasteiger partial charge in [-0.15, -0.1) is 0 Å². The van der Waals surface area contributed by atoms with Crippen LogP contribution in [0.15, 0.2) is 30.6 Å². The fourth-order valence-electron chi connectivity index (χ4n) is 3.12. The van der Waals surface area contributed by atoms with Crippen molar-refractivity contribution < 1.29 is 19.0 Å². The van der Waals surface area contributed by atoms with E-state index in [1.54, 1.807) is 20.4 Å². The van der Waals surface area contributed by atoms with Gasteiger partial charge in [-0.25, -0.2) is 0 Å². The summed E-state index contributed by atoms with van der Waals surface area (Å²) >= 11 is 0. The number of carbonyl (C=O) groups is 1. The topological polar surface area (TPSA) is 63.8 Å². The molecule has 6 heteroatoms. The van der Waals surface area contributed by atoms with Crippen LogP contribution in [0.25, 0.3) is 0 Å². The van der Waals surface area contributed by atoms with Gasteiger partial charge in [-0.05, 0) is 24.6 Å². The standard InChI is InChI=1S/C19H24N2O4/c1-13-11-20-12-15(13)19(22)21-9-7-14(8-10-21)25-18-16(23-2)5-4-6-17(18)24-3/h4-6,11-12,14,20H,7-10H2,1-3H3. The van der Waals surface area contributed by atoms with Crippen molar-refractivity contribution >= 4 is 5.91 Å². The Morgan fingerprint density at radius 2 is 1.76 bits per heavy atom. The summed E-state index contributed by atoms with van der Waals surface area (Å²) in [6.45, 7) is 3.28. The number of piperidine rings is 1. The van der Waals surface area contributed by atoms with E-state index in [-0.39, 0.29) is 12.0 Å². The molecule has 2 aromatic rings. The van der Waals surface area contributed by atoms with Crippen molar-refractivity contribution in [2.45, 2.75) is 25.9 Å². The molecule has 0 aliphatic carbocycles. The summed E-state index contributed by atoms with van der Waals surface area (Å²) < 4.78 is 16.9. The zero-order valence-electron chi connectivity index (χ0n) is 14.9. The predicted molar refractivity (Wildman–Crippen MR) is 94.6 cm³/mol. The number of likely N-dealkylation sites (tertiary alicyclic amines) is 1. The average Bonchev–Trinajstić information content (AvgIpc) is 3.08. The van der Waals surface area contributed by atoms with Gasteiger partial charge in [-0.2, -0.15) is 0 Å². The second kappa shape index (κ2) is 7.51. The van der Waals surface area contributed by atoms with E-state index in [0.29, 0.717) is 30.3 Å². The Labute approximate surface area is 147 Å². The van der Waals surface area contributed by atoms with Crippen LogP contribution in [0.5, 0.6) is 17.2 Å². The molecule has 1 amide bonds. The first-order chi connectivity index (χ1) is 12.1. The van der Waals surface area contributed by atoms with E-state index in [0.717, 1.165) is 24.0 Å². The van der Waals surface area contributed by atoms with Crippen LogP contribution in [-0.2, 0) is 0 Å². The molecule has 1 aromatic heterocycles. The van der Waals surface area contributed by atoms with Crippen LogP contribution in [0.1, 0.15) is 28.8 Å². The molecule has 2 heterocycles. The number of hydrogen-bond donors (Lipinski definition) is 1. The van der Waals surface area contributed by atoms with E-state index in [2.05, 4.69) is 4.98 Å². The van der Waals surface area contributed by atoms with E-state index >= 15 is 0 Å². The Balaban J connectivity index is 1.64. The zero-order chi connectivity index (χ0) is 17.8. The molecule has 0 atom stereocenters. The molecule has 1 aliphatic heterocycles. The number of ether oxygens (including phenoxy) is 3. The maximum Gasteiger partial charge on any atom is 0.255 e. The van der Waals surface area contributed by atoms with Crippen LogP contribution in [-0.4, -0.2) is 49.2 Å². The molecule has 6 nitrogen and oxygen atoms in total. The number of nitrogens with zero attached hydrogens (tertiary/aromatic N) is 1. The summed E-state index contributed by atoms with van der Waals surface area (Å²) in [5, 5.41) is 0. The molecule has 0 spiro atoms. The van der Waals surface area contributed by atoms with Crippen molar-refractivity contribution in [2.24, 2.45) is 0 Å². The van der Waals surface area contributed by atoms with Crippen LogP contribution >= 0.6 is 0 Å². The highest BCUT2D eigenvalue weighted by Crippen LogP contribution is 2.38. The first-order valence-electron chi connectivity index (χ1n) is 8.44. The Kier molecular flexibility index (Phi) is 5.16. The van der Waals surface area contributed by atoms with Crippen LogP contribution < -0.4 is 14.2 Å². The Hall–Kier alpha value is -2.63. The zero-order valence-corrected chi connectivity index (χ0v) is 14.9. The Morgan fingerprint density at radius 3 is 2.28 bits per heavy atom. The molecule has 3 rings (SSSR count). The number of amides is 1. The number of para-hydroxylation sites is 1. The molecule has 0 radical (unpaired) electrons. The van der Waals surface area contributed by atoms with E-state index in [4.69, 9.17) is 14.2 Å². The van der Waals surface area contributed by atoms with Gasteiger partial charge in [0.15, 0.2) is 11.5 Å². The molecule has 25 heavy (non-hydrogen) atoms. The number of aryl methyl sites for hydroxylation is 1. The smallest absolute Gasteiger partial charge is 0.255 e. The molecular weight excluding hydrogens is 320 g/mol. The number of nitrogens with one attached hydrogen (secondary N) is 1. The lowest BCUT2D eigenvalue weighted by Gasteiger charge is -2.32. The molecular formula is C19H24N2O4. The number of benzene rings is 1. The maximum absolute atomic E-state index is 12.6. The fraction of sp³-hybridized carbons (Fsp3) is 0.421. The van der Waals surface area contributed by atoms with Gasteiger partial charge in [0, 0.05) is 38.3 Å². The Morgan fingerprint density at radius 1 is 1.12 bits per heavy atom. The second-order valence-electron chi connectivity index (χ2n) is 6.15. The lowest BCUT2D eigenvalue weighted by atomic mass is 10.1. The lowest BCUT2D eigenvalue weighted by molar-refractivity contribution is 0.0584. The maximum atomic E-state index is 12.6. The van der Waals surface area contributed by atoms with Crippen molar-refractivity contribution in [3.8, 4) is 17.2 Å². The number of hydrogen-bond acceptors (Lipinski definition) is 4. The monoisotopic (exact) mass is 344 g/mol. The molecule has 1 aromatic carbocycles. The summed E-state index contributed by atoms with van der Waals surface area (Å²) in [6, 6.07) is 5.57. The molecule has 0 bridgehead atoms. The SMILES string of the molecule is COc1cccc(OC)c1OC1CCN(C(=O)c2c[nH]cc2C)CC1. The number of aromatic amines is 1. The van der Waals surface area contributed by atoms with Crippen molar-refractivity contribution in [1.29, 1.82) is 0 Å².